The van der Waals surface area contributed by atoms with E-state index >= 15 is 0 Å². The van der Waals surface area contributed by atoms with Crippen molar-refractivity contribution in [3.05, 3.63) is 15.1 Å². The van der Waals surface area contributed by atoms with E-state index in [-0.39, 0.29) is 5.60 Å². The molecule has 110 valence electrons. The van der Waals surface area contributed by atoms with Crippen LogP contribution in [0.1, 0.15) is 62.9 Å². The Hall–Kier alpha value is -0.430. The summed E-state index contributed by atoms with van der Waals surface area (Å²) >= 11 is 2.39. The van der Waals surface area contributed by atoms with Gasteiger partial charge in [-0.1, -0.05) is 0 Å². The molecule has 0 unspecified atom stereocenters. The minimum absolute atomic E-state index is 0.252. The van der Waals surface area contributed by atoms with Crippen molar-refractivity contribution in [1.82, 2.24) is 9.97 Å². The van der Waals surface area contributed by atoms with Gasteiger partial charge in [-0.05, 0) is 68.0 Å². The lowest BCUT2D eigenvalue weighted by Gasteiger charge is -2.27. The summed E-state index contributed by atoms with van der Waals surface area (Å²) in [6.07, 6.45) is 7.02. The maximum absolute atomic E-state index is 5.86. The van der Waals surface area contributed by atoms with Crippen LogP contribution in [0.5, 0.6) is 0 Å². The first-order valence-corrected chi connectivity index (χ1v) is 8.65. The molecule has 2 fully saturated rings. The van der Waals surface area contributed by atoms with Crippen molar-refractivity contribution in [2.45, 2.75) is 57.0 Å². The lowest BCUT2D eigenvalue weighted by atomic mass is 10.0. The maximum Gasteiger partial charge on any atom is 0.162 e. The van der Waals surface area contributed by atoms with Crippen LogP contribution >= 0.6 is 22.6 Å². The SMILES string of the molecule is CCNc1nc(C2(OC)CCCC2)nc(C2CC2)c1I. The minimum atomic E-state index is -0.252. The molecule has 2 aliphatic carbocycles. The zero-order valence-corrected chi connectivity index (χ0v) is 14.4. The van der Waals surface area contributed by atoms with E-state index in [1.54, 1.807) is 7.11 Å². The largest absolute Gasteiger partial charge is 0.370 e. The third-order valence-electron chi connectivity index (χ3n) is 4.39. The quantitative estimate of drug-likeness (QED) is 0.781. The average Bonchev–Trinajstić information content (AvgIpc) is 3.18. The molecule has 0 saturated heterocycles. The van der Waals surface area contributed by atoms with E-state index in [4.69, 9.17) is 14.7 Å². The van der Waals surface area contributed by atoms with Crippen LogP contribution in [0.15, 0.2) is 0 Å². The Balaban J connectivity index is 2.05. The number of nitrogens with zero attached hydrogens (tertiary/aromatic N) is 2. The number of hydrogen-bond acceptors (Lipinski definition) is 4. The van der Waals surface area contributed by atoms with Gasteiger partial charge in [-0.15, -0.1) is 0 Å². The van der Waals surface area contributed by atoms with Gasteiger partial charge in [0.15, 0.2) is 5.82 Å². The number of hydrogen-bond donors (Lipinski definition) is 1. The summed E-state index contributed by atoms with van der Waals surface area (Å²) in [6.45, 7) is 2.99. The molecule has 5 heteroatoms. The molecule has 0 atom stereocenters. The van der Waals surface area contributed by atoms with Gasteiger partial charge in [0, 0.05) is 19.6 Å². The number of nitrogens with one attached hydrogen (secondary N) is 1. The second-order valence-corrected chi connectivity index (χ2v) is 6.88. The summed E-state index contributed by atoms with van der Waals surface area (Å²) in [6, 6.07) is 0. The number of rotatable bonds is 5. The molecule has 1 aromatic heterocycles. The molecule has 0 aliphatic heterocycles. The monoisotopic (exact) mass is 387 g/mol. The standard InChI is InChI=1S/C15H22IN3O/c1-3-17-13-11(16)12(10-6-7-10)18-14(19-13)15(20-2)8-4-5-9-15/h10H,3-9H2,1-2H3,(H,17,18,19). The molecule has 0 spiro atoms. The van der Waals surface area contributed by atoms with E-state index in [9.17, 15) is 0 Å². The Labute approximate surface area is 134 Å². The minimum Gasteiger partial charge on any atom is -0.370 e. The molecule has 2 saturated carbocycles. The molecule has 3 rings (SSSR count). The molecular weight excluding hydrogens is 365 g/mol. The predicted molar refractivity (Wildman–Crippen MR) is 88.0 cm³/mol. The number of aromatic nitrogens is 2. The zero-order chi connectivity index (χ0) is 14.2. The Morgan fingerprint density at radius 3 is 2.55 bits per heavy atom. The topological polar surface area (TPSA) is 47.0 Å². The number of methoxy groups -OCH3 is 1. The fourth-order valence-electron chi connectivity index (χ4n) is 3.05. The van der Waals surface area contributed by atoms with Gasteiger partial charge >= 0.3 is 0 Å². The number of halogens is 1. The summed E-state index contributed by atoms with van der Waals surface area (Å²) in [5, 5.41) is 3.39. The molecule has 2 aliphatic rings. The predicted octanol–water partition coefficient (Wildman–Crippen LogP) is 3.81. The first-order chi connectivity index (χ1) is 9.70. The normalized spacial score (nSPS) is 21.1. The van der Waals surface area contributed by atoms with Gasteiger partial charge in [-0.25, -0.2) is 9.97 Å². The van der Waals surface area contributed by atoms with E-state index < -0.39 is 0 Å². The van der Waals surface area contributed by atoms with E-state index in [1.165, 1.54) is 34.9 Å². The third-order valence-corrected chi connectivity index (χ3v) is 5.46. The lowest BCUT2D eigenvalue weighted by molar-refractivity contribution is -0.0163. The van der Waals surface area contributed by atoms with Crippen molar-refractivity contribution >= 4 is 28.4 Å². The van der Waals surface area contributed by atoms with Crippen LogP contribution in [-0.4, -0.2) is 23.6 Å². The Morgan fingerprint density at radius 2 is 2.00 bits per heavy atom. The number of ether oxygens (including phenoxy) is 1. The first kappa shape index (κ1) is 14.5. The Bertz CT molecular complexity index is 496. The van der Waals surface area contributed by atoms with Gasteiger partial charge < -0.3 is 10.1 Å². The Morgan fingerprint density at radius 1 is 1.30 bits per heavy atom. The zero-order valence-electron chi connectivity index (χ0n) is 12.2. The summed E-state index contributed by atoms with van der Waals surface area (Å²) in [4.78, 5) is 9.72. The molecule has 0 radical (unpaired) electrons. The lowest BCUT2D eigenvalue weighted by Crippen LogP contribution is -2.28. The van der Waals surface area contributed by atoms with Crippen molar-refractivity contribution in [2.24, 2.45) is 0 Å². The van der Waals surface area contributed by atoms with Crippen molar-refractivity contribution in [3.63, 3.8) is 0 Å². The molecular formula is C15H22IN3O. The highest BCUT2D eigenvalue weighted by Gasteiger charge is 2.40. The highest BCUT2D eigenvalue weighted by Crippen LogP contribution is 2.45. The van der Waals surface area contributed by atoms with E-state index in [1.807, 2.05) is 0 Å². The van der Waals surface area contributed by atoms with Crippen LogP contribution in [0.4, 0.5) is 5.82 Å². The van der Waals surface area contributed by atoms with E-state index in [0.29, 0.717) is 5.92 Å². The van der Waals surface area contributed by atoms with Crippen LogP contribution < -0.4 is 5.32 Å². The second-order valence-electron chi connectivity index (χ2n) is 5.81. The smallest absolute Gasteiger partial charge is 0.162 e. The molecule has 0 bridgehead atoms. The van der Waals surface area contributed by atoms with Crippen LogP contribution in [0, 0.1) is 3.57 Å². The molecule has 4 nitrogen and oxygen atoms in total. The van der Waals surface area contributed by atoms with Crippen molar-refractivity contribution in [3.8, 4) is 0 Å². The third kappa shape index (κ3) is 2.54. The van der Waals surface area contributed by atoms with Gasteiger partial charge in [0.05, 0.1) is 9.26 Å². The Kier molecular flexibility index (Phi) is 4.17. The molecule has 0 aromatic carbocycles. The van der Waals surface area contributed by atoms with Crippen LogP contribution in [0.25, 0.3) is 0 Å². The maximum atomic E-state index is 5.86. The highest BCUT2D eigenvalue weighted by molar-refractivity contribution is 14.1. The van der Waals surface area contributed by atoms with Gasteiger partial charge in [0.2, 0.25) is 0 Å². The number of anilines is 1. The second kappa shape index (κ2) is 5.75. The summed E-state index contributed by atoms with van der Waals surface area (Å²) < 4.78 is 7.05. The summed E-state index contributed by atoms with van der Waals surface area (Å²) in [7, 11) is 1.80. The van der Waals surface area contributed by atoms with E-state index in [2.05, 4.69) is 34.8 Å². The highest BCUT2D eigenvalue weighted by atomic mass is 127. The molecule has 0 amide bonds. The molecule has 1 heterocycles. The average molecular weight is 387 g/mol. The summed E-state index contributed by atoms with van der Waals surface area (Å²) in [5.41, 5.74) is 0.980. The van der Waals surface area contributed by atoms with Crippen molar-refractivity contribution in [2.75, 3.05) is 19.0 Å². The van der Waals surface area contributed by atoms with Crippen molar-refractivity contribution in [1.29, 1.82) is 0 Å². The van der Waals surface area contributed by atoms with Gasteiger partial charge in [-0.3, -0.25) is 0 Å². The van der Waals surface area contributed by atoms with Gasteiger partial charge in [0.1, 0.15) is 11.4 Å². The molecule has 1 aromatic rings. The van der Waals surface area contributed by atoms with Gasteiger partial charge in [0.25, 0.3) is 0 Å². The van der Waals surface area contributed by atoms with Gasteiger partial charge in [-0.2, -0.15) is 0 Å². The molecule has 1 N–H and O–H groups in total. The first-order valence-electron chi connectivity index (χ1n) is 7.57. The molecule has 20 heavy (non-hydrogen) atoms. The summed E-state index contributed by atoms with van der Waals surface area (Å²) in [5.74, 6) is 2.52. The van der Waals surface area contributed by atoms with E-state index in [0.717, 1.165) is 31.0 Å². The van der Waals surface area contributed by atoms with Crippen LogP contribution in [0.3, 0.4) is 0 Å². The van der Waals surface area contributed by atoms with Crippen LogP contribution in [-0.2, 0) is 10.3 Å². The van der Waals surface area contributed by atoms with Crippen LogP contribution in [0.2, 0.25) is 0 Å². The van der Waals surface area contributed by atoms with Crippen molar-refractivity contribution < 1.29 is 4.74 Å². The fraction of sp³-hybridized carbons (Fsp3) is 0.733. The fourth-order valence-corrected chi connectivity index (χ4v) is 3.92.